The molecule has 36 heavy (non-hydrogen) atoms. The van der Waals surface area contributed by atoms with E-state index in [-0.39, 0.29) is 18.0 Å². The third-order valence-electron chi connectivity index (χ3n) is 6.81. The molecule has 0 saturated carbocycles. The van der Waals surface area contributed by atoms with Crippen LogP contribution in [-0.2, 0) is 16.0 Å². The fourth-order valence-electron chi connectivity index (χ4n) is 5.02. The lowest BCUT2D eigenvalue weighted by molar-refractivity contribution is -0.121. The normalized spacial score (nSPS) is 17.1. The highest BCUT2D eigenvalue weighted by atomic mass is 16.4. The average Bonchev–Trinajstić information content (AvgIpc) is 3.44. The molecule has 1 atom stereocenters. The van der Waals surface area contributed by atoms with E-state index in [2.05, 4.69) is 45.8 Å². The SMILES string of the molecule is Cc1ccc(C(NC(=O)Cc2ccc3c(c2)/C(=N/O)C(=O)N3)c2ccc(C)o2)c(N2CCCCC2)c1. The second kappa shape index (κ2) is 9.89. The molecule has 0 aliphatic carbocycles. The molecule has 1 aromatic heterocycles. The third-order valence-corrected chi connectivity index (χ3v) is 6.81. The molecular formula is C28H30N4O4. The average molecular weight is 487 g/mol. The largest absolute Gasteiger partial charge is 0.464 e. The van der Waals surface area contributed by atoms with Gasteiger partial charge < -0.3 is 25.2 Å². The van der Waals surface area contributed by atoms with Crippen LogP contribution in [0.1, 0.15) is 59.1 Å². The standard InChI is InChI=1S/C28H30N4O4/c1-17-6-9-20(23(14-17)32-12-4-3-5-13-32)26(24-11-7-18(2)36-24)30-25(33)16-19-8-10-22-21(15-19)27(31-35)28(34)29-22/h6-11,14-15,26,35H,3-5,12-13,16H2,1-2H3,(H,30,33)(H,29,31,34). The van der Waals surface area contributed by atoms with Gasteiger partial charge in [0, 0.05) is 29.9 Å². The number of carbonyl (C=O) groups is 2. The van der Waals surface area contributed by atoms with Crippen LogP contribution in [0.4, 0.5) is 11.4 Å². The van der Waals surface area contributed by atoms with Crippen molar-refractivity contribution in [3.8, 4) is 0 Å². The number of oxime groups is 1. The lowest BCUT2D eigenvalue weighted by atomic mass is 9.97. The summed E-state index contributed by atoms with van der Waals surface area (Å²) in [6.07, 6.45) is 3.64. The van der Waals surface area contributed by atoms with Crippen molar-refractivity contribution < 1.29 is 19.2 Å². The first-order valence-electron chi connectivity index (χ1n) is 12.3. The molecule has 2 amide bonds. The Morgan fingerprint density at radius 3 is 2.64 bits per heavy atom. The molecule has 186 valence electrons. The van der Waals surface area contributed by atoms with E-state index in [9.17, 15) is 14.8 Å². The summed E-state index contributed by atoms with van der Waals surface area (Å²) in [6, 6.07) is 14.9. The van der Waals surface area contributed by atoms with Gasteiger partial charge in [-0.15, -0.1) is 0 Å². The summed E-state index contributed by atoms with van der Waals surface area (Å²) in [5.74, 6) is 0.815. The van der Waals surface area contributed by atoms with Gasteiger partial charge in [-0.3, -0.25) is 9.59 Å². The molecule has 2 aliphatic rings. The van der Waals surface area contributed by atoms with E-state index in [0.29, 0.717) is 22.6 Å². The third kappa shape index (κ3) is 4.71. The van der Waals surface area contributed by atoms with Gasteiger partial charge in [-0.2, -0.15) is 0 Å². The zero-order valence-corrected chi connectivity index (χ0v) is 20.5. The van der Waals surface area contributed by atoms with Crippen molar-refractivity contribution in [1.29, 1.82) is 0 Å². The molecule has 3 heterocycles. The number of furan rings is 1. The highest BCUT2D eigenvalue weighted by Crippen LogP contribution is 2.34. The van der Waals surface area contributed by atoms with Crippen molar-refractivity contribution in [2.75, 3.05) is 23.3 Å². The maximum Gasteiger partial charge on any atom is 0.278 e. The van der Waals surface area contributed by atoms with Gasteiger partial charge in [0.05, 0.1) is 12.1 Å². The Morgan fingerprint density at radius 2 is 1.92 bits per heavy atom. The molecule has 5 rings (SSSR count). The number of nitrogens with zero attached hydrogens (tertiary/aromatic N) is 2. The molecule has 2 aromatic carbocycles. The number of benzene rings is 2. The Bertz CT molecular complexity index is 1340. The van der Waals surface area contributed by atoms with E-state index in [1.165, 1.54) is 12.0 Å². The second-order valence-electron chi connectivity index (χ2n) is 9.52. The summed E-state index contributed by atoms with van der Waals surface area (Å²) in [4.78, 5) is 27.7. The number of carbonyl (C=O) groups excluding carboxylic acids is 2. The number of rotatable bonds is 6. The number of hydrogen-bond donors (Lipinski definition) is 3. The van der Waals surface area contributed by atoms with Gasteiger partial charge in [-0.1, -0.05) is 23.4 Å². The van der Waals surface area contributed by atoms with Crippen molar-refractivity contribution in [2.24, 2.45) is 5.16 Å². The quantitative estimate of drug-likeness (QED) is 0.352. The predicted molar refractivity (Wildman–Crippen MR) is 138 cm³/mol. The summed E-state index contributed by atoms with van der Waals surface area (Å²) in [5.41, 5.74) is 5.00. The Hall–Kier alpha value is -4.07. The maximum atomic E-state index is 13.3. The molecular weight excluding hydrogens is 456 g/mol. The number of piperidine rings is 1. The van der Waals surface area contributed by atoms with Crippen LogP contribution >= 0.6 is 0 Å². The second-order valence-corrected chi connectivity index (χ2v) is 9.52. The van der Waals surface area contributed by atoms with Gasteiger partial charge in [0.15, 0.2) is 5.71 Å². The molecule has 1 fully saturated rings. The monoisotopic (exact) mass is 486 g/mol. The van der Waals surface area contributed by atoms with E-state index in [0.717, 1.165) is 42.9 Å². The summed E-state index contributed by atoms with van der Waals surface area (Å²) in [5, 5.41) is 18.2. The molecule has 8 heteroatoms. The van der Waals surface area contributed by atoms with E-state index in [4.69, 9.17) is 4.42 Å². The summed E-state index contributed by atoms with van der Waals surface area (Å²) in [7, 11) is 0. The van der Waals surface area contributed by atoms with Crippen molar-refractivity contribution >= 4 is 28.9 Å². The van der Waals surface area contributed by atoms with E-state index < -0.39 is 11.9 Å². The number of nitrogens with one attached hydrogen (secondary N) is 2. The van der Waals surface area contributed by atoms with Crippen molar-refractivity contribution in [3.05, 3.63) is 82.3 Å². The van der Waals surface area contributed by atoms with Crippen LogP contribution in [0.15, 0.2) is 58.1 Å². The Morgan fingerprint density at radius 1 is 1.11 bits per heavy atom. The van der Waals surface area contributed by atoms with E-state index in [1.807, 2.05) is 19.1 Å². The van der Waals surface area contributed by atoms with Gasteiger partial charge in [0.1, 0.15) is 17.6 Å². The molecule has 0 spiro atoms. The van der Waals surface area contributed by atoms with Crippen LogP contribution in [0, 0.1) is 13.8 Å². The predicted octanol–water partition coefficient (Wildman–Crippen LogP) is 4.47. The lowest BCUT2D eigenvalue weighted by Gasteiger charge is -2.32. The zero-order valence-electron chi connectivity index (χ0n) is 20.5. The minimum Gasteiger partial charge on any atom is -0.464 e. The number of hydrogen-bond acceptors (Lipinski definition) is 6. The molecule has 3 aromatic rings. The van der Waals surface area contributed by atoms with Gasteiger partial charge in [-0.25, -0.2) is 0 Å². The molecule has 3 N–H and O–H groups in total. The van der Waals surface area contributed by atoms with Crippen LogP contribution in [0.25, 0.3) is 0 Å². The Kier molecular flexibility index (Phi) is 6.50. The molecule has 1 unspecified atom stereocenters. The first-order valence-corrected chi connectivity index (χ1v) is 12.3. The van der Waals surface area contributed by atoms with E-state index in [1.54, 1.807) is 18.2 Å². The minimum atomic E-state index is -0.466. The number of aryl methyl sites for hydroxylation is 2. The van der Waals surface area contributed by atoms with Crippen molar-refractivity contribution in [2.45, 2.75) is 45.6 Å². The van der Waals surface area contributed by atoms with Crippen LogP contribution in [-0.4, -0.2) is 35.8 Å². The van der Waals surface area contributed by atoms with Gasteiger partial charge in [0.2, 0.25) is 5.91 Å². The smallest absolute Gasteiger partial charge is 0.278 e. The molecule has 0 radical (unpaired) electrons. The summed E-state index contributed by atoms with van der Waals surface area (Å²) in [6.45, 7) is 5.96. The van der Waals surface area contributed by atoms with Crippen LogP contribution in [0.5, 0.6) is 0 Å². The van der Waals surface area contributed by atoms with Crippen LogP contribution in [0.3, 0.4) is 0 Å². The number of fused-ring (bicyclic) bond motifs is 1. The first kappa shape index (κ1) is 23.7. The van der Waals surface area contributed by atoms with Crippen LogP contribution in [0.2, 0.25) is 0 Å². The zero-order chi connectivity index (χ0) is 25.2. The Labute approximate surface area is 210 Å². The number of amides is 2. The van der Waals surface area contributed by atoms with Crippen molar-refractivity contribution in [1.82, 2.24) is 5.32 Å². The van der Waals surface area contributed by atoms with Gasteiger partial charge in [0.25, 0.3) is 5.91 Å². The summed E-state index contributed by atoms with van der Waals surface area (Å²) >= 11 is 0. The fraction of sp³-hybridized carbons (Fsp3) is 0.321. The number of anilines is 2. The Balaban J connectivity index is 1.44. The molecule has 0 bridgehead atoms. The molecule has 1 saturated heterocycles. The highest BCUT2D eigenvalue weighted by Gasteiger charge is 2.28. The minimum absolute atomic E-state index is 0.0537. The fourth-order valence-corrected chi connectivity index (χ4v) is 5.02. The lowest BCUT2D eigenvalue weighted by Crippen LogP contribution is -2.34. The van der Waals surface area contributed by atoms with Gasteiger partial charge >= 0.3 is 0 Å². The van der Waals surface area contributed by atoms with Gasteiger partial charge in [-0.05, 0) is 74.6 Å². The first-order chi connectivity index (χ1) is 17.4. The molecule has 8 nitrogen and oxygen atoms in total. The topological polar surface area (TPSA) is 107 Å². The highest BCUT2D eigenvalue weighted by molar-refractivity contribution is 6.53. The van der Waals surface area contributed by atoms with Crippen molar-refractivity contribution in [3.63, 3.8) is 0 Å². The summed E-state index contributed by atoms with van der Waals surface area (Å²) < 4.78 is 6.00. The molecule has 2 aliphatic heterocycles. The maximum absolute atomic E-state index is 13.3. The van der Waals surface area contributed by atoms with Crippen LogP contribution < -0.4 is 15.5 Å². The van der Waals surface area contributed by atoms with E-state index >= 15 is 0 Å².